The van der Waals surface area contributed by atoms with E-state index in [2.05, 4.69) is 33.2 Å². The molecular formula is C16H26O. The summed E-state index contributed by atoms with van der Waals surface area (Å²) in [5, 5.41) is 10.9. The average molecular weight is 234 g/mol. The van der Waals surface area contributed by atoms with Crippen LogP contribution in [-0.2, 0) is 0 Å². The lowest BCUT2D eigenvalue weighted by Crippen LogP contribution is -2.47. The number of allylic oxidation sites excluding steroid dienone is 2. The first-order valence-corrected chi connectivity index (χ1v) is 6.21. The third kappa shape index (κ3) is 3.44. The third-order valence-corrected chi connectivity index (χ3v) is 3.70. The fourth-order valence-electron chi connectivity index (χ4n) is 2.63. The van der Waals surface area contributed by atoms with E-state index >= 15 is 0 Å². The van der Waals surface area contributed by atoms with Gasteiger partial charge in [-0.15, -0.1) is 26.3 Å². The summed E-state index contributed by atoms with van der Waals surface area (Å²) in [6.45, 7) is 17.2. The molecule has 1 heteroatoms. The van der Waals surface area contributed by atoms with Crippen LogP contribution in [0.25, 0.3) is 0 Å². The van der Waals surface area contributed by atoms with Crippen LogP contribution >= 0.6 is 0 Å². The van der Waals surface area contributed by atoms with Crippen molar-refractivity contribution in [3.8, 4) is 0 Å². The van der Waals surface area contributed by atoms with Gasteiger partial charge in [-0.05, 0) is 32.1 Å². The van der Waals surface area contributed by atoms with E-state index in [1.54, 1.807) is 12.2 Å². The Hall–Kier alpha value is -1.08. The van der Waals surface area contributed by atoms with Crippen molar-refractivity contribution in [3.63, 3.8) is 0 Å². The second kappa shape index (κ2) is 7.29. The van der Waals surface area contributed by atoms with Gasteiger partial charge in [0.25, 0.3) is 0 Å². The molecule has 0 atom stereocenters. The Morgan fingerprint density at radius 2 is 1.18 bits per heavy atom. The van der Waals surface area contributed by atoms with Crippen LogP contribution in [0.3, 0.4) is 0 Å². The van der Waals surface area contributed by atoms with Crippen molar-refractivity contribution in [3.05, 3.63) is 50.6 Å². The number of hydrogen-bond donors (Lipinski definition) is 1. The summed E-state index contributed by atoms with van der Waals surface area (Å²) in [5.41, 5.74) is -1.04. The molecule has 0 aliphatic heterocycles. The molecule has 0 unspecified atom stereocenters. The monoisotopic (exact) mass is 234 g/mol. The molecule has 0 radical (unpaired) electrons. The van der Waals surface area contributed by atoms with Gasteiger partial charge in [-0.25, -0.2) is 0 Å². The first kappa shape index (κ1) is 15.9. The summed E-state index contributed by atoms with van der Waals surface area (Å²) in [4.78, 5) is 0. The van der Waals surface area contributed by atoms with Crippen LogP contribution in [0, 0.1) is 5.41 Å². The number of hydrogen-bond acceptors (Lipinski definition) is 1. The second-order valence-corrected chi connectivity index (χ2v) is 4.64. The van der Waals surface area contributed by atoms with Crippen LogP contribution in [0.2, 0.25) is 0 Å². The molecule has 1 nitrogen and oxygen atoms in total. The van der Waals surface area contributed by atoms with Gasteiger partial charge in [0.15, 0.2) is 0 Å². The van der Waals surface area contributed by atoms with Gasteiger partial charge in [0.1, 0.15) is 0 Å². The van der Waals surface area contributed by atoms with Gasteiger partial charge in [0.05, 0.1) is 5.60 Å². The lowest BCUT2D eigenvalue weighted by molar-refractivity contribution is -0.0816. The number of rotatable bonds is 10. The SMILES string of the molecule is C=CCC(O)(CC=C)C(CC)(CC=C)CC=C. The Balaban J connectivity index is 5.43. The summed E-state index contributed by atoms with van der Waals surface area (Å²) >= 11 is 0. The van der Waals surface area contributed by atoms with Crippen LogP contribution in [-0.4, -0.2) is 10.7 Å². The van der Waals surface area contributed by atoms with E-state index in [0.29, 0.717) is 12.8 Å². The minimum Gasteiger partial charge on any atom is -0.389 e. The van der Waals surface area contributed by atoms with E-state index in [9.17, 15) is 5.11 Å². The van der Waals surface area contributed by atoms with Gasteiger partial charge >= 0.3 is 0 Å². The van der Waals surface area contributed by atoms with E-state index in [0.717, 1.165) is 19.3 Å². The standard InChI is InChI=1S/C16H26O/c1-6-11-15(10-5,12-7-2)16(17,13-8-3)14-9-4/h6-9,17H,1-4,10-14H2,5H3. The molecule has 0 aromatic rings. The summed E-state index contributed by atoms with van der Waals surface area (Å²) in [5.74, 6) is 0. The van der Waals surface area contributed by atoms with Crippen molar-refractivity contribution >= 4 is 0 Å². The minimum absolute atomic E-state index is 0.223. The van der Waals surface area contributed by atoms with Crippen LogP contribution in [0.1, 0.15) is 39.0 Å². The largest absolute Gasteiger partial charge is 0.389 e. The highest BCUT2D eigenvalue weighted by Crippen LogP contribution is 2.46. The summed E-state index contributed by atoms with van der Waals surface area (Å²) in [6.07, 6.45) is 10.9. The van der Waals surface area contributed by atoms with E-state index < -0.39 is 5.60 Å². The number of aliphatic hydroxyl groups is 1. The van der Waals surface area contributed by atoms with Gasteiger partial charge in [0, 0.05) is 5.41 Å². The van der Waals surface area contributed by atoms with Crippen molar-refractivity contribution in [1.29, 1.82) is 0 Å². The molecule has 0 rings (SSSR count). The Morgan fingerprint density at radius 1 is 0.824 bits per heavy atom. The highest BCUT2D eigenvalue weighted by molar-refractivity contribution is 5.08. The van der Waals surface area contributed by atoms with Gasteiger partial charge < -0.3 is 5.11 Å². The fourth-order valence-corrected chi connectivity index (χ4v) is 2.63. The molecule has 1 N–H and O–H groups in total. The molecule has 0 spiro atoms. The predicted molar refractivity (Wildman–Crippen MR) is 76.9 cm³/mol. The lowest BCUT2D eigenvalue weighted by Gasteiger charge is -2.46. The van der Waals surface area contributed by atoms with E-state index in [4.69, 9.17) is 0 Å². The molecule has 0 amide bonds. The Labute approximate surface area is 106 Å². The highest BCUT2D eigenvalue weighted by Gasteiger charge is 2.45. The molecule has 17 heavy (non-hydrogen) atoms. The summed E-state index contributed by atoms with van der Waals surface area (Å²) in [6, 6.07) is 0. The van der Waals surface area contributed by atoms with E-state index in [1.165, 1.54) is 0 Å². The maximum absolute atomic E-state index is 10.9. The summed E-state index contributed by atoms with van der Waals surface area (Å²) < 4.78 is 0. The zero-order valence-corrected chi connectivity index (χ0v) is 11.1. The zero-order valence-electron chi connectivity index (χ0n) is 11.1. The molecule has 0 bridgehead atoms. The smallest absolute Gasteiger partial charge is 0.0777 e. The van der Waals surface area contributed by atoms with Crippen molar-refractivity contribution in [2.45, 2.75) is 44.6 Å². The molecule has 0 aliphatic carbocycles. The predicted octanol–water partition coefficient (Wildman–Crippen LogP) is 4.42. The topological polar surface area (TPSA) is 20.2 Å². The molecule has 0 fully saturated rings. The lowest BCUT2D eigenvalue weighted by atomic mass is 9.63. The Bertz CT molecular complexity index is 255. The Kier molecular flexibility index (Phi) is 6.82. The molecule has 96 valence electrons. The van der Waals surface area contributed by atoms with Gasteiger partial charge in [-0.1, -0.05) is 31.2 Å². The van der Waals surface area contributed by atoms with Crippen LogP contribution in [0.5, 0.6) is 0 Å². The van der Waals surface area contributed by atoms with Crippen LogP contribution in [0.15, 0.2) is 50.6 Å². The first-order chi connectivity index (χ1) is 8.05. The van der Waals surface area contributed by atoms with Crippen LogP contribution < -0.4 is 0 Å². The minimum atomic E-state index is -0.812. The molecule has 0 saturated carbocycles. The van der Waals surface area contributed by atoms with Gasteiger partial charge in [-0.3, -0.25) is 0 Å². The van der Waals surface area contributed by atoms with E-state index in [-0.39, 0.29) is 5.41 Å². The normalized spacial score (nSPS) is 11.9. The average Bonchev–Trinajstić information content (AvgIpc) is 2.29. The van der Waals surface area contributed by atoms with Gasteiger partial charge in [-0.2, -0.15) is 0 Å². The second-order valence-electron chi connectivity index (χ2n) is 4.64. The van der Waals surface area contributed by atoms with Gasteiger partial charge in [0.2, 0.25) is 0 Å². The molecule has 0 aliphatic rings. The van der Waals surface area contributed by atoms with Crippen molar-refractivity contribution < 1.29 is 5.11 Å². The molecule has 0 heterocycles. The van der Waals surface area contributed by atoms with Crippen LogP contribution in [0.4, 0.5) is 0 Å². The molecule has 0 saturated heterocycles. The molecule has 0 aromatic heterocycles. The quantitative estimate of drug-likeness (QED) is 0.555. The van der Waals surface area contributed by atoms with Crippen molar-refractivity contribution in [2.75, 3.05) is 0 Å². The zero-order chi connectivity index (χ0) is 13.4. The maximum atomic E-state index is 10.9. The maximum Gasteiger partial charge on any atom is 0.0777 e. The van der Waals surface area contributed by atoms with E-state index in [1.807, 2.05) is 12.2 Å². The highest BCUT2D eigenvalue weighted by atomic mass is 16.3. The van der Waals surface area contributed by atoms with Crippen molar-refractivity contribution in [1.82, 2.24) is 0 Å². The van der Waals surface area contributed by atoms with Crippen molar-refractivity contribution in [2.24, 2.45) is 5.41 Å². The summed E-state index contributed by atoms with van der Waals surface area (Å²) in [7, 11) is 0. The first-order valence-electron chi connectivity index (χ1n) is 6.21. The Morgan fingerprint density at radius 3 is 1.41 bits per heavy atom. The molecular weight excluding hydrogens is 208 g/mol. The molecule has 0 aromatic carbocycles. The third-order valence-electron chi connectivity index (χ3n) is 3.70. The fraction of sp³-hybridized carbons (Fsp3) is 0.500.